The van der Waals surface area contributed by atoms with Crippen molar-refractivity contribution in [2.45, 2.75) is 25.7 Å². The number of hydrogen-bond donors (Lipinski definition) is 2. The van der Waals surface area contributed by atoms with Crippen molar-refractivity contribution in [3.8, 4) is 17.1 Å². The Bertz CT molecular complexity index is 1110. The molecular formula is C18H15N5O2. The van der Waals surface area contributed by atoms with Crippen LogP contribution in [0.4, 0.5) is 0 Å². The van der Waals surface area contributed by atoms with Crippen molar-refractivity contribution >= 4 is 28.3 Å². The molecule has 1 aliphatic carbocycles. The van der Waals surface area contributed by atoms with Gasteiger partial charge in [-0.1, -0.05) is 0 Å². The molecule has 0 spiro atoms. The normalized spacial score (nSPS) is 13.9. The standard InChI is InChI=1S/C18H15N5O2/c24-9-25-18-13(8-20-23-18)17-11-4-2-1-3-10(11)16-12-7-19-22-14(12)5-6-15(16)21-17/h5-9H,1-4H2,(H,19,22)(H,20,23). The number of nitrogens with zero attached hydrogens (tertiary/aromatic N) is 3. The van der Waals surface area contributed by atoms with Crippen LogP contribution >= 0.6 is 0 Å². The monoisotopic (exact) mass is 333 g/mol. The van der Waals surface area contributed by atoms with Crippen molar-refractivity contribution in [1.29, 1.82) is 0 Å². The highest BCUT2D eigenvalue weighted by atomic mass is 16.5. The Labute approximate surface area is 142 Å². The van der Waals surface area contributed by atoms with Crippen molar-refractivity contribution in [3.05, 3.63) is 35.7 Å². The molecule has 0 aliphatic heterocycles. The number of carbonyl (C=O) groups is 1. The van der Waals surface area contributed by atoms with Gasteiger partial charge in [0.25, 0.3) is 6.47 Å². The van der Waals surface area contributed by atoms with Gasteiger partial charge in [-0.3, -0.25) is 9.89 Å². The molecule has 124 valence electrons. The van der Waals surface area contributed by atoms with Crippen molar-refractivity contribution in [3.63, 3.8) is 0 Å². The summed E-state index contributed by atoms with van der Waals surface area (Å²) in [6.45, 7) is 0.402. The fourth-order valence-electron chi connectivity index (χ4n) is 3.85. The summed E-state index contributed by atoms with van der Waals surface area (Å²) in [5.74, 6) is 0.332. The number of nitrogens with one attached hydrogen (secondary N) is 2. The molecule has 3 heterocycles. The zero-order valence-corrected chi connectivity index (χ0v) is 13.4. The molecule has 0 bridgehead atoms. The smallest absolute Gasteiger partial charge is 0.299 e. The third-order valence-corrected chi connectivity index (χ3v) is 4.92. The second-order valence-corrected chi connectivity index (χ2v) is 6.24. The van der Waals surface area contributed by atoms with E-state index >= 15 is 0 Å². The van der Waals surface area contributed by atoms with Crippen LogP contribution in [0.5, 0.6) is 5.88 Å². The van der Waals surface area contributed by atoms with Gasteiger partial charge >= 0.3 is 0 Å². The van der Waals surface area contributed by atoms with E-state index in [1.165, 1.54) is 16.5 Å². The Morgan fingerprint density at radius 2 is 1.88 bits per heavy atom. The maximum atomic E-state index is 10.8. The largest absolute Gasteiger partial charge is 0.409 e. The zero-order valence-electron chi connectivity index (χ0n) is 13.4. The van der Waals surface area contributed by atoms with Crippen molar-refractivity contribution in [2.75, 3.05) is 0 Å². The highest BCUT2D eigenvalue weighted by molar-refractivity contribution is 6.07. The number of carbonyl (C=O) groups excluding carboxylic acids is 1. The van der Waals surface area contributed by atoms with Gasteiger partial charge < -0.3 is 4.74 Å². The minimum atomic E-state index is 0.332. The predicted octanol–water partition coefficient (Wildman–Crippen LogP) is 2.92. The molecule has 3 aromatic heterocycles. The molecule has 25 heavy (non-hydrogen) atoms. The maximum absolute atomic E-state index is 10.8. The fourth-order valence-corrected chi connectivity index (χ4v) is 3.85. The van der Waals surface area contributed by atoms with Crippen LogP contribution in [0.15, 0.2) is 24.5 Å². The Kier molecular flexibility index (Phi) is 3.06. The summed E-state index contributed by atoms with van der Waals surface area (Å²) in [4.78, 5) is 15.7. The summed E-state index contributed by atoms with van der Waals surface area (Å²) in [5.41, 5.74) is 6.03. The quantitative estimate of drug-likeness (QED) is 0.562. The van der Waals surface area contributed by atoms with Crippen LogP contribution in [0, 0.1) is 0 Å². The summed E-state index contributed by atoms with van der Waals surface area (Å²) < 4.78 is 5.04. The van der Waals surface area contributed by atoms with Crippen molar-refractivity contribution in [2.24, 2.45) is 0 Å². The number of fused-ring (bicyclic) bond motifs is 5. The number of benzene rings is 1. The molecule has 7 nitrogen and oxygen atoms in total. The van der Waals surface area contributed by atoms with Crippen LogP contribution in [0.2, 0.25) is 0 Å². The summed E-state index contributed by atoms with van der Waals surface area (Å²) >= 11 is 0. The van der Waals surface area contributed by atoms with Crippen LogP contribution in [-0.4, -0.2) is 31.9 Å². The number of rotatable bonds is 3. The molecule has 0 fully saturated rings. The molecule has 2 N–H and O–H groups in total. The molecule has 0 unspecified atom stereocenters. The topological polar surface area (TPSA) is 96.5 Å². The van der Waals surface area contributed by atoms with Crippen LogP contribution in [0.1, 0.15) is 24.0 Å². The molecule has 0 saturated carbocycles. The van der Waals surface area contributed by atoms with Gasteiger partial charge in [0.05, 0.1) is 34.7 Å². The average Bonchev–Trinajstić information content (AvgIpc) is 3.30. The van der Waals surface area contributed by atoms with E-state index in [-0.39, 0.29) is 0 Å². The number of aromatic nitrogens is 5. The van der Waals surface area contributed by atoms with E-state index in [0.29, 0.717) is 12.4 Å². The van der Waals surface area contributed by atoms with E-state index in [1.807, 2.05) is 18.3 Å². The van der Waals surface area contributed by atoms with Crippen molar-refractivity contribution in [1.82, 2.24) is 25.4 Å². The molecule has 0 atom stereocenters. The number of H-pyrrole nitrogens is 2. The molecule has 0 radical (unpaired) electrons. The first kappa shape index (κ1) is 14.2. The number of pyridine rings is 1. The van der Waals surface area contributed by atoms with Gasteiger partial charge in [-0.25, -0.2) is 10.1 Å². The number of hydrogen-bond acceptors (Lipinski definition) is 5. The van der Waals surface area contributed by atoms with E-state index in [1.54, 1.807) is 6.20 Å². The van der Waals surface area contributed by atoms with Crippen LogP contribution in [0.25, 0.3) is 33.1 Å². The van der Waals surface area contributed by atoms with E-state index < -0.39 is 0 Å². The number of aromatic amines is 2. The minimum absolute atomic E-state index is 0.332. The third kappa shape index (κ3) is 2.05. The molecule has 1 aliphatic rings. The molecule has 5 rings (SSSR count). The van der Waals surface area contributed by atoms with Gasteiger partial charge in [-0.2, -0.15) is 10.2 Å². The van der Waals surface area contributed by atoms with Gasteiger partial charge in [-0.15, -0.1) is 0 Å². The van der Waals surface area contributed by atoms with Gasteiger partial charge in [0.2, 0.25) is 5.88 Å². The van der Waals surface area contributed by atoms with Gasteiger partial charge in [-0.05, 0) is 48.9 Å². The first-order chi connectivity index (χ1) is 12.4. The molecule has 1 aromatic carbocycles. The number of ether oxygens (including phenoxy) is 1. The molecular weight excluding hydrogens is 318 g/mol. The van der Waals surface area contributed by atoms with E-state index in [9.17, 15) is 4.79 Å². The summed E-state index contributed by atoms with van der Waals surface area (Å²) in [6, 6.07) is 4.00. The minimum Gasteiger partial charge on any atom is -0.409 e. The Hall–Kier alpha value is -3.22. The molecule has 0 saturated heterocycles. The van der Waals surface area contributed by atoms with Crippen molar-refractivity contribution < 1.29 is 9.53 Å². The maximum Gasteiger partial charge on any atom is 0.299 e. The summed E-state index contributed by atoms with van der Waals surface area (Å²) in [6.07, 6.45) is 7.77. The lowest BCUT2D eigenvalue weighted by Crippen LogP contribution is -2.08. The SMILES string of the molecule is O=COc1[nH]ncc1-c1nc2ccc3[nH]ncc3c2c2c1CCCC2. The zero-order chi connectivity index (χ0) is 16.8. The number of aryl methyl sites for hydroxylation is 1. The lowest BCUT2D eigenvalue weighted by atomic mass is 9.86. The highest BCUT2D eigenvalue weighted by Gasteiger charge is 2.23. The molecule has 0 amide bonds. The lowest BCUT2D eigenvalue weighted by molar-refractivity contribution is -0.120. The predicted molar refractivity (Wildman–Crippen MR) is 92.3 cm³/mol. The second-order valence-electron chi connectivity index (χ2n) is 6.24. The lowest BCUT2D eigenvalue weighted by Gasteiger charge is -2.21. The Balaban J connectivity index is 1.87. The van der Waals surface area contributed by atoms with E-state index in [0.717, 1.165) is 53.4 Å². The average molecular weight is 333 g/mol. The first-order valence-electron chi connectivity index (χ1n) is 8.28. The van der Waals surface area contributed by atoms with Gasteiger partial charge in [0, 0.05) is 10.8 Å². The van der Waals surface area contributed by atoms with Crippen LogP contribution < -0.4 is 4.74 Å². The Morgan fingerprint density at radius 1 is 1.04 bits per heavy atom. The fraction of sp³-hybridized carbons (Fsp3) is 0.222. The van der Waals surface area contributed by atoms with Crippen LogP contribution in [-0.2, 0) is 17.6 Å². The highest BCUT2D eigenvalue weighted by Crippen LogP contribution is 2.39. The third-order valence-electron chi connectivity index (χ3n) is 4.92. The first-order valence-corrected chi connectivity index (χ1v) is 8.28. The van der Waals surface area contributed by atoms with Gasteiger partial charge in [0.15, 0.2) is 0 Å². The summed E-state index contributed by atoms with van der Waals surface area (Å²) in [7, 11) is 0. The van der Waals surface area contributed by atoms with E-state index in [2.05, 4.69) is 20.4 Å². The summed E-state index contributed by atoms with van der Waals surface area (Å²) in [5, 5.41) is 16.2. The van der Waals surface area contributed by atoms with Gasteiger partial charge in [0.1, 0.15) is 0 Å². The second kappa shape index (κ2) is 5.41. The van der Waals surface area contributed by atoms with Crippen LogP contribution in [0.3, 0.4) is 0 Å². The Morgan fingerprint density at radius 3 is 2.76 bits per heavy atom. The van der Waals surface area contributed by atoms with E-state index in [4.69, 9.17) is 9.72 Å². The molecule has 7 heteroatoms. The molecule has 4 aromatic rings.